The second kappa shape index (κ2) is 6.06. The summed E-state index contributed by atoms with van der Waals surface area (Å²) in [6.45, 7) is 0.472. The van der Waals surface area contributed by atoms with Gasteiger partial charge in [-0.25, -0.2) is 4.79 Å². The number of ether oxygens (including phenoxy) is 1. The fraction of sp³-hybridized carbons (Fsp3) is 0.188. The van der Waals surface area contributed by atoms with Crippen molar-refractivity contribution >= 4 is 23.3 Å². The number of carbonyl (C=O) groups excluding carboxylic acids is 1. The van der Waals surface area contributed by atoms with E-state index in [0.29, 0.717) is 17.3 Å². The van der Waals surface area contributed by atoms with Crippen LogP contribution in [0.1, 0.15) is 5.56 Å². The van der Waals surface area contributed by atoms with Crippen LogP contribution in [-0.2, 0) is 6.42 Å². The van der Waals surface area contributed by atoms with Gasteiger partial charge in [0, 0.05) is 10.7 Å². The number of rotatable bonds is 2. The molecule has 2 aromatic carbocycles. The fourth-order valence-corrected chi connectivity index (χ4v) is 2.53. The summed E-state index contributed by atoms with van der Waals surface area (Å²) in [5.74, 6) is 0.894. The summed E-state index contributed by atoms with van der Waals surface area (Å²) < 4.78 is 5.64. The van der Waals surface area contributed by atoms with Crippen molar-refractivity contribution < 1.29 is 9.53 Å². The molecule has 0 radical (unpaired) electrons. The van der Waals surface area contributed by atoms with E-state index in [-0.39, 0.29) is 12.1 Å². The molecule has 5 heteroatoms. The van der Waals surface area contributed by atoms with Crippen LogP contribution < -0.4 is 15.4 Å². The maximum absolute atomic E-state index is 12.0. The molecule has 2 aromatic rings. The van der Waals surface area contributed by atoms with Crippen molar-refractivity contribution in [3.8, 4) is 5.75 Å². The second-order valence-electron chi connectivity index (χ2n) is 4.93. The van der Waals surface area contributed by atoms with Gasteiger partial charge < -0.3 is 15.4 Å². The van der Waals surface area contributed by atoms with E-state index in [4.69, 9.17) is 16.3 Å². The molecule has 1 aliphatic rings. The van der Waals surface area contributed by atoms with E-state index in [1.807, 2.05) is 24.3 Å². The average molecular weight is 303 g/mol. The third-order valence-corrected chi connectivity index (χ3v) is 3.53. The number of halogens is 1. The van der Waals surface area contributed by atoms with Crippen LogP contribution in [-0.4, -0.2) is 18.7 Å². The Kier molecular flexibility index (Phi) is 3.97. The quantitative estimate of drug-likeness (QED) is 0.892. The molecule has 1 unspecified atom stereocenters. The lowest BCUT2D eigenvalue weighted by atomic mass is 10.0. The normalized spacial score (nSPS) is 16.5. The molecule has 2 amide bonds. The van der Waals surface area contributed by atoms with Crippen molar-refractivity contribution in [2.24, 2.45) is 0 Å². The molecule has 0 spiro atoms. The topological polar surface area (TPSA) is 50.4 Å². The number of anilines is 1. The summed E-state index contributed by atoms with van der Waals surface area (Å²) in [4.78, 5) is 12.0. The molecule has 0 fully saturated rings. The monoisotopic (exact) mass is 302 g/mol. The molecule has 0 aliphatic carbocycles. The maximum Gasteiger partial charge on any atom is 0.319 e. The highest BCUT2D eigenvalue weighted by Crippen LogP contribution is 2.24. The number of urea groups is 1. The molecule has 2 N–H and O–H groups in total. The summed E-state index contributed by atoms with van der Waals surface area (Å²) >= 11 is 5.88. The smallest absolute Gasteiger partial charge is 0.319 e. The number of carbonyl (C=O) groups is 1. The zero-order valence-electron chi connectivity index (χ0n) is 11.3. The van der Waals surface area contributed by atoms with Gasteiger partial charge in [-0.1, -0.05) is 35.9 Å². The summed E-state index contributed by atoms with van der Waals surface area (Å²) in [5.41, 5.74) is 1.77. The number of nitrogens with one attached hydrogen (secondary N) is 2. The van der Waals surface area contributed by atoms with Gasteiger partial charge in [0.2, 0.25) is 0 Å². The Morgan fingerprint density at radius 3 is 2.90 bits per heavy atom. The van der Waals surface area contributed by atoms with Crippen LogP contribution in [0.4, 0.5) is 10.5 Å². The van der Waals surface area contributed by atoms with Crippen LogP contribution in [0.5, 0.6) is 5.75 Å². The van der Waals surface area contributed by atoms with Crippen LogP contribution in [0, 0.1) is 0 Å². The molecule has 0 saturated heterocycles. The van der Waals surface area contributed by atoms with E-state index < -0.39 is 0 Å². The standard InChI is InChI=1S/C16H15ClN2O2/c17-12-5-3-6-13(9-12)18-16(20)19-14-8-11-4-1-2-7-15(11)21-10-14/h1-7,9,14H,8,10H2,(H2,18,19,20). The number of para-hydroxylation sites is 1. The number of hydrogen-bond acceptors (Lipinski definition) is 2. The first-order valence-corrected chi connectivity index (χ1v) is 7.12. The van der Waals surface area contributed by atoms with E-state index in [0.717, 1.165) is 17.7 Å². The molecule has 1 aliphatic heterocycles. The number of amides is 2. The Morgan fingerprint density at radius 1 is 1.19 bits per heavy atom. The molecule has 4 nitrogen and oxygen atoms in total. The Morgan fingerprint density at radius 2 is 2.05 bits per heavy atom. The highest BCUT2D eigenvalue weighted by molar-refractivity contribution is 6.30. The molecule has 108 valence electrons. The first kappa shape index (κ1) is 13.8. The third-order valence-electron chi connectivity index (χ3n) is 3.30. The molecule has 3 rings (SSSR count). The highest BCUT2D eigenvalue weighted by atomic mass is 35.5. The fourth-order valence-electron chi connectivity index (χ4n) is 2.34. The molecule has 21 heavy (non-hydrogen) atoms. The van der Waals surface area contributed by atoms with Crippen LogP contribution in [0.3, 0.4) is 0 Å². The summed E-state index contributed by atoms with van der Waals surface area (Å²) in [6, 6.07) is 14.6. The Balaban J connectivity index is 1.59. The van der Waals surface area contributed by atoms with Crippen molar-refractivity contribution in [3.63, 3.8) is 0 Å². The number of benzene rings is 2. The highest BCUT2D eigenvalue weighted by Gasteiger charge is 2.20. The molecule has 0 bridgehead atoms. The van der Waals surface area contributed by atoms with E-state index in [9.17, 15) is 4.79 Å². The lowest BCUT2D eigenvalue weighted by Crippen LogP contribution is -2.44. The minimum absolute atomic E-state index is 0.0425. The van der Waals surface area contributed by atoms with Gasteiger partial charge in [0.25, 0.3) is 0 Å². The molecule has 0 saturated carbocycles. The molecule has 1 heterocycles. The van der Waals surface area contributed by atoms with Gasteiger partial charge in [0.05, 0.1) is 6.04 Å². The van der Waals surface area contributed by atoms with Crippen molar-refractivity contribution in [1.82, 2.24) is 5.32 Å². The second-order valence-corrected chi connectivity index (χ2v) is 5.37. The first-order chi connectivity index (χ1) is 10.2. The van der Waals surface area contributed by atoms with Gasteiger partial charge in [-0.2, -0.15) is 0 Å². The van der Waals surface area contributed by atoms with E-state index in [1.165, 1.54) is 0 Å². The molecular formula is C16H15ClN2O2. The zero-order chi connectivity index (χ0) is 14.7. The summed E-state index contributed by atoms with van der Waals surface area (Å²) in [7, 11) is 0. The average Bonchev–Trinajstić information content (AvgIpc) is 2.47. The first-order valence-electron chi connectivity index (χ1n) is 6.74. The van der Waals surface area contributed by atoms with Crippen molar-refractivity contribution in [3.05, 3.63) is 59.1 Å². The van der Waals surface area contributed by atoms with Gasteiger partial charge in [0.1, 0.15) is 12.4 Å². The molecule has 1 atom stereocenters. The van der Waals surface area contributed by atoms with Crippen molar-refractivity contribution in [2.75, 3.05) is 11.9 Å². The van der Waals surface area contributed by atoms with Crippen LogP contribution in [0.25, 0.3) is 0 Å². The predicted octanol–water partition coefficient (Wildman–Crippen LogP) is 3.47. The van der Waals surface area contributed by atoms with E-state index in [2.05, 4.69) is 10.6 Å². The third kappa shape index (κ3) is 3.47. The molecular weight excluding hydrogens is 288 g/mol. The lowest BCUT2D eigenvalue weighted by molar-refractivity contribution is 0.222. The SMILES string of the molecule is O=C(Nc1cccc(Cl)c1)NC1COc2ccccc2C1. The Bertz CT molecular complexity index is 660. The summed E-state index contributed by atoms with van der Waals surface area (Å²) in [5, 5.41) is 6.26. The Hall–Kier alpha value is -2.20. The van der Waals surface area contributed by atoms with Crippen molar-refractivity contribution in [2.45, 2.75) is 12.5 Å². The summed E-state index contributed by atoms with van der Waals surface area (Å²) in [6.07, 6.45) is 0.763. The van der Waals surface area contributed by atoms with Crippen LogP contribution in [0.15, 0.2) is 48.5 Å². The van der Waals surface area contributed by atoms with E-state index in [1.54, 1.807) is 24.3 Å². The van der Waals surface area contributed by atoms with Crippen LogP contribution >= 0.6 is 11.6 Å². The minimum atomic E-state index is -0.259. The number of fused-ring (bicyclic) bond motifs is 1. The van der Waals surface area contributed by atoms with Gasteiger partial charge in [0.15, 0.2) is 0 Å². The lowest BCUT2D eigenvalue weighted by Gasteiger charge is -2.26. The van der Waals surface area contributed by atoms with Gasteiger partial charge in [-0.05, 0) is 36.2 Å². The Labute approximate surface area is 128 Å². The van der Waals surface area contributed by atoms with Gasteiger partial charge in [-0.15, -0.1) is 0 Å². The maximum atomic E-state index is 12.0. The van der Waals surface area contributed by atoms with Crippen LogP contribution in [0.2, 0.25) is 5.02 Å². The van der Waals surface area contributed by atoms with E-state index >= 15 is 0 Å². The predicted molar refractivity (Wildman–Crippen MR) is 83.0 cm³/mol. The van der Waals surface area contributed by atoms with Gasteiger partial charge in [-0.3, -0.25) is 0 Å². The zero-order valence-corrected chi connectivity index (χ0v) is 12.1. The molecule has 0 aromatic heterocycles. The van der Waals surface area contributed by atoms with Crippen molar-refractivity contribution in [1.29, 1.82) is 0 Å². The number of hydrogen-bond donors (Lipinski definition) is 2. The van der Waals surface area contributed by atoms with Gasteiger partial charge >= 0.3 is 6.03 Å². The largest absolute Gasteiger partial charge is 0.491 e. The minimum Gasteiger partial charge on any atom is -0.491 e.